The standard InChI is InChI=1S/C16H29NO/c1-12(2)8-16(18,9-13(3)4)15(11-17)7-6-14(5)10-15/h12-14,18H,6-10H2,1-5H3. The summed E-state index contributed by atoms with van der Waals surface area (Å²) in [5.74, 6) is 1.42. The average Bonchev–Trinajstić information content (AvgIpc) is 2.59. The van der Waals surface area contributed by atoms with Gasteiger partial charge in [-0.25, -0.2) is 0 Å². The van der Waals surface area contributed by atoms with Gasteiger partial charge in [-0.3, -0.25) is 0 Å². The molecule has 0 bridgehead atoms. The topological polar surface area (TPSA) is 44.0 Å². The molecule has 1 aliphatic rings. The molecule has 0 amide bonds. The Labute approximate surface area is 112 Å². The molecule has 2 atom stereocenters. The van der Waals surface area contributed by atoms with Crippen molar-refractivity contribution in [1.82, 2.24) is 0 Å². The second kappa shape index (κ2) is 5.61. The first-order valence-electron chi connectivity index (χ1n) is 7.38. The molecular formula is C16H29NO. The molecule has 0 heterocycles. The number of rotatable bonds is 5. The van der Waals surface area contributed by atoms with E-state index in [0.29, 0.717) is 17.8 Å². The highest BCUT2D eigenvalue weighted by Crippen LogP contribution is 2.52. The minimum Gasteiger partial charge on any atom is -0.388 e. The first-order chi connectivity index (χ1) is 8.24. The molecule has 1 fully saturated rings. The van der Waals surface area contributed by atoms with Crippen molar-refractivity contribution in [3.63, 3.8) is 0 Å². The number of hydrogen-bond donors (Lipinski definition) is 1. The Balaban J connectivity index is 3.04. The third-order valence-corrected chi connectivity index (χ3v) is 4.36. The minimum atomic E-state index is -0.811. The van der Waals surface area contributed by atoms with Crippen molar-refractivity contribution < 1.29 is 5.11 Å². The number of nitriles is 1. The molecule has 2 nitrogen and oxygen atoms in total. The lowest BCUT2D eigenvalue weighted by atomic mass is 9.64. The highest BCUT2D eigenvalue weighted by atomic mass is 16.3. The van der Waals surface area contributed by atoms with Crippen LogP contribution in [0.25, 0.3) is 0 Å². The van der Waals surface area contributed by atoms with Crippen LogP contribution < -0.4 is 0 Å². The van der Waals surface area contributed by atoms with Gasteiger partial charge in [0.15, 0.2) is 0 Å². The Morgan fingerprint density at radius 1 is 1.28 bits per heavy atom. The fourth-order valence-corrected chi connectivity index (χ4v) is 3.74. The van der Waals surface area contributed by atoms with Gasteiger partial charge >= 0.3 is 0 Å². The van der Waals surface area contributed by atoms with Gasteiger partial charge in [-0.1, -0.05) is 34.6 Å². The fourth-order valence-electron chi connectivity index (χ4n) is 3.74. The summed E-state index contributed by atoms with van der Waals surface area (Å²) in [6, 6.07) is 2.51. The zero-order valence-corrected chi connectivity index (χ0v) is 12.7. The SMILES string of the molecule is CC(C)CC(O)(CC(C)C)C1(C#N)CCC(C)C1. The van der Waals surface area contributed by atoms with Crippen LogP contribution in [0.3, 0.4) is 0 Å². The molecule has 1 saturated carbocycles. The summed E-state index contributed by atoms with van der Waals surface area (Å²) >= 11 is 0. The second-order valence-electron chi connectivity index (χ2n) is 7.27. The maximum Gasteiger partial charge on any atom is 0.0863 e. The quantitative estimate of drug-likeness (QED) is 0.798. The maximum atomic E-state index is 11.2. The summed E-state index contributed by atoms with van der Waals surface area (Å²) in [6.07, 6.45) is 4.28. The van der Waals surface area contributed by atoms with Crippen LogP contribution >= 0.6 is 0 Å². The molecule has 104 valence electrons. The largest absolute Gasteiger partial charge is 0.388 e. The van der Waals surface area contributed by atoms with E-state index in [1.165, 1.54) is 0 Å². The molecule has 2 heteroatoms. The van der Waals surface area contributed by atoms with Gasteiger partial charge in [-0.05, 0) is 49.9 Å². The molecule has 0 aromatic rings. The van der Waals surface area contributed by atoms with Gasteiger partial charge in [-0.15, -0.1) is 0 Å². The van der Waals surface area contributed by atoms with Gasteiger partial charge < -0.3 is 5.11 Å². The van der Waals surface area contributed by atoms with Crippen molar-refractivity contribution in [2.24, 2.45) is 23.2 Å². The Morgan fingerprint density at radius 3 is 2.06 bits per heavy atom. The predicted molar refractivity (Wildman–Crippen MR) is 74.9 cm³/mol. The van der Waals surface area contributed by atoms with E-state index in [9.17, 15) is 10.4 Å². The lowest BCUT2D eigenvalue weighted by molar-refractivity contribution is -0.0841. The summed E-state index contributed by atoms with van der Waals surface area (Å²) < 4.78 is 0. The van der Waals surface area contributed by atoms with Gasteiger partial charge in [0.2, 0.25) is 0 Å². The van der Waals surface area contributed by atoms with E-state index in [2.05, 4.69) is 40.7 Å². The summed E-state index contributed by atoms with van der Waals surface area (Å²) in [4.78, 5) is 0. The monoisotopic (exact) mass is 251 g/mol. The molecule has 1 rings (SSSR count). The van der Waals surface area contributed by atoms with Crippen molar-refractivity contribution in [2.75, 3.05) is 0 Å². The summed E-state index contributed by atoms with van der Waals surface area (Å²) in [5, 5.41) is 20.9. The van der Waals surface area contributed by atoms with Gasteiger partial charge in [-0.2, -0.15) is 5.26 Å². The Kier molecular flexibility index (Phi) is 4.84. The normalized spacial score (nSPS) is 28.9. The fraction of sp³-hybridized carbons (Fsp3) is 0.938. The van der Waals surface area contributed by atoms with E-state index in [1.54, 1.807) is 0 Å². The number of aliphatic hydroxyl groups is 1. The third kappa shape index (κ3) is 3.06. The zero-order chi connectivity index (χ0) is 14.0. The van der Waals surface area contributed by atoms with Crippen molar-refractivity contribution >= 4 is 0 Å². The Hall–Kier alpha value is -0.550. The van der Waals surface area contributed by atoms with E-state index in [0.717, 1.165) is 32.1 Å². The molecule has 18 heavy (non-hydrogen) atoms. The molecule has 0 aliphatic heterocycles. The lowest BCUT2D eigenvalue weighted by Crippen LogP contribution is -2.48. The van der Waals surface area contributed by atoms with Crippen LogP contribution in [-0.4, -0.2) is 10.7 Å². The first-order valence-corrected chi connectivity index (χ1v) is 7.38. The molecule has 0 aromatic carbocycles. The van der Waals surface area contributed by atoms with Crippen LogP contribution in [0.1, 0.15) is 66.7 Å². The maximum absolute atomic E-state index is 11.2. The van der Waals surface area contributed by atoms with Crippen LogP contribution in [0.2, 0.25) is 0 Å². The van der Waals surface area contributed by atoms with Gasteiger partial charge in [0, 0.05) is 0 Å². The molecule has 1 aliphatic carbocycles. The summed E-state index contributed by atoms with van der Waals surface area (Å²) in [5.41, 5.74) is -1.32. The van der Waals surface area contributed by atoms with Crippen LogP contribution in [0, 0.1) is 34.5 Å². The summed E-state index contributed by atoms with van der Waals surface area (Å²) in [7, 11) is 0. The van der Waals surface area contributed by atoms with E-state index >= 15 is 0 Å². The van der Waals surface area contributed by atoms with Crippen molar-refractivity contribution in [1.29, 1.82) is 5.26 Å². The lowest BCUT2D eigenvalue weighted by Gasteiger charge is -2.43. The van der Waals surface area contributed by atoms with Gasteiger partial charge in [0.25, 0.3) is 0 Å². The zero-order valence-electron chi connectivity index (χ0n) is 12.7. The number of hydrogen-bond acceptors (Lipinski definition) is 2. The minimum absolute atomic E-state index is 0.426. The Bertz CT molecular complexity index is 306. The van der Waals surface area contributed by atoms with E-state index in [-0.39, 0.29) is 0 Å². The van der Waals surface area contributed by atoms with Crippen LogP contribution in [0.4, 0.5) is 0 Å². The van der Waals surface area contributed by atoms with E-state index in [1.807, 2.05) is 0 Å². The molecule has 2 unspecified atom stereocenters. The van der Waals surface area contributed by atoms with Crippen LogP contribution in [0.5, 0.6) is 0 Å². The first kappa shape index (κ1) is 15.5. The molecule has 1 N–H and O–H groups in total. The van der Waals surface area contributed by atoms with E-state index in [4.69, 9.17) is 0 Å². The second-order valence-corrected chi connectivity index (χ2v) is 7.27. The molecule has 0 radical (unpaired) electrons. The Morgan fingerprint density at radius 2 is 1.78 bits per heavy atom. The molecule has 0 aromatic heterocycles. The van der Waals surface area contributed by atoms with Gasteiger partial charge in [0.05, 0.1) is 17.1 Å². The molecule has 0 saturated heterocycles. The summed E-state index contributed by atoms with van der Waals surface area (Å²) in [6.45, 7) is 10.7. The van der Waals surface area contributed by atoms with Gasteiger partial charge in [0.1, 0.15) is 0 Å². The van der Waals surface area contributed by atoms with E-state index < -0.39 is 11.0 Å². The molecular weight excluding hydrogens is 222 g/mol. The smallest absolute Gasteiger partial charge is 0.0863 e. The number of nitrogens with zero attached hydrogens (tertiary/aromatic N) is 1. The highest BCUT2D eigenvalue weighted by Gasteiger charge is 2.53. The van der Waals surface area contributed by atoms with Crippen molar-refractivity contribution in [3.05, 3.63) is 0 Å². The molecule has 0 spiro atoms. The average molecular weight is 251 g/mol. The highest BCUT2D eigenvalue weighted by molar-refractivity contribution is 5.14. The third-order valence-electron chi connectivity index (χ3n) is 4.36. The van der Waals surface area contributed by atoms with Crippen molar-refractivity contribution in [2.45, 2.75) is 72.3 Å². The van der Waals surface area contributed by atoms with Crippen LogP contribution in [-0.2, 0) is 0 Å². The van der Waals surface area contributed by atoms with Crippen LogP contribution in [0.15, 0.2) is 0 Å². The van der Waals surface area contributed by atoms with Crippen molar-refractivity contribution in [3.8, 4) is 6.07 Å². The predicted octanol–water partition coefficient (Wildman–Crippen LogP) is 4.14.